The number of hydrogen-bond donors (Lipinski definition) is 3. The topological polar surface area (TPSA) is 108 Å². The van der Waals surface area contributed by atoms with E-state index in [-0.39, 0.29) is 11.8 Å². The molecule has 1 amide bonds. The molecule has 22 heavy (non-hydrogen) atoms. The quantitative estimate of drug-likeness (QED) is 0.729. The highest BCUT2D eigenvalue weighted by Gasteiger charge is 2.43. The van der Waals surface area contributed by atoms with Gasteiger partial charge in [0.2, 0.25) is 0 Å². The van der Waals surface area contributed by atoms with Gasteiger partial charge in [0.25, 0.3) is 5.91 Å². The molecule has 0 aromatic carbocycles. The van der Waals surface area contributed by atoms with Crippen LogP contribution in [-0.4, -0.2) is 49.3 Å². The van der Waals surface area contributed by atoms with Crippen LogP contribution in [0, 0.1) is 0 Å². The number of carbonyl (C=O) groups is 1. The van der Waals surface area contributed by atoms with E-state index in [1.165, 1.54) is 18.7 Å². The number of aromatic nitrogens is 3. The minimum atomic E-state index is -1.02. The van der Waals surface area contributed by atoms with Crippen LogP contribution in [0.1, 0.15) is 28.3 Å². The molecule has 4 atom stereocenters. The molecule has 2 aromatic rings. The molecular weight excluding hydrogens is 284 g/mol. The fraction of sp³-hybridized carbons (Fsp3) is 0.333. The maximum absolute atomic E-state index is 12.2. The fourth-order valence-corrected chi connectivity index (χ4v) is 2.81. The van der Waals surface area contributed by atoms with Crippen LogP contribution in [0.2, 0.25) is 0 Å². The summed E-state index contributed by atoms with van der Waals surface area (Å²) in [5.41, 5.74) is 1.23. The van der Waals surface area contributed by atoms with Gasteiger partial charge in [-0.15, -0.1) is 0 Å². The third-order valence-electron chi connectivity index (χ3n) is 3.95. The van der Waals surface area contributed by atoms with E-state index >= 15 is 0 Å². The van der Waals surface area contributed by atoms with Crippen molar-refractivity contribution in [1.29, 1.82) is 0 Å². The van der Waals surface area contributed by atoms with E-state index in [9.17, 15) is 15.0 Å². The van der Waals surface area contributed by atoms with E-state index in [1.54, 1.807) is 12.4 Å². The van der Waals surface area contributed by atoms with Gasteiger partial charge in [-0.2, -0.15) is 0 Å². The predicted octanol–water partition coefficient (Wildman–Crippen LogP) is -0.121. The lowest BCUT2D eigenvalue weighted by Crippen LogP contribution is -2.45. The summed E-state index contributed by atoms with van der Waals surface area (Å²) < 4.78 is 0. The van der Waals surface area contributed by atoms with Crippen molar-refractivity contribution in [2.24, 2.45) is 0 Å². The molecule has 0 bridgehead atoms. The van der Waals surface area contributed by atoms with Gasteiger partial charge < -0.3 is 15.5 Å². The van der Waals surface area contributed by atoms with Crippen LogP contribution >= 0.6 is 0 Å². The predicted molar refractivity (Wildman–Crippen MR) is 76.9 cm³/mol. The molecule has 0 spiro atoms. The van der Waals surface area contributed by atoms with Crippen LogP contribution in [-0.2, 0) is 0 Å². The summed E-state index contributed by atoms with van der Waals surface area (Å²) in [5, 5.41) is 22.9. The summed E-state index contributed by atoms with van der Waals surface area (Å²) in [4.78, 5) is 23.8. The van der Waals surface area contributed by atoms with Crippen LogP contribution in [0.5, 0.6) is 0 Å². The minimum absolute atomic E-state index is 0.179. The number of hydrogen-bond acceptors (Lipinski definition) is 6. The Kier molecular flexibility index (Phi) is 4.08. The summed E-state index contributed by atoms with van der Waals surface area (Å²) in [5.74, 6) is -0.556. The zero-order valence-corrected chi connectivity index (χ0v) is 11.7. The monoisotopic (exact) mass is 300 g/mol. The molecule has 2 aromatic heterocycles. The Morgan fingerprint density at radius 1 is 1.14 bits per heavy atom. The van der Waals surface area contributed by atoms with Crippen molar-refractivity contribution in [3.05, 3.63) is 54.4 Å². The summed E-state index contributed by atoms with van der Waals surface area (Å²) in [7, 11) is 0. The van der Waals surface area contributed by atoms with Crippen molar-refractivity contribution in [2.75, 3.05) is 0 Å². The van der Waals surface area contributed by atoms with E-state index in [2.05, 4.69) is 20.3 Å². The molecule has 114 valence electrons. The van der Waals surface area contributed by atoms with Crippen LogP contribution in [0.25, 0.3) is 0 Å². The number of pyridine rings is 1. The van der Waals surface area contributed by atoms with Gasteiger partial charge in [-0.05, 0) is 24.1 Å². The molecule has 0 saturated heterocycles. The lowest BCUT2D eigenvalue weighted by Gasteiger charge is -2.23. The SMILES string of the molecule is O=C(N[C@H]1[C@H](O)[C@H](O)C[C@@H]1c1ccncc1)c1cncnc1. The van der Waals surface area contributed by atoms with Crippen LogP contribution in [0.15, 0.2) is 43.2 Å². The van der Waals surface area contributed by atoms with Crippen LogP contribution in [0.4, 0.5) is 0 Å². The molecule has 1 aliphatic carbocycles. The number of rotatable bonds is 3. The zero-order chi connectivity index (χ0) is 15.5. The van der Waals surface area contributed by atoms with Crippen LogP contribution < -0.4 is 5.32 Å². The number of nitrogens with zero attached hydrogens (tertiary/aromatic N) is 3. The molecule has 1 saturated carbocycles. The van der Waals surface area contributed by atoms with E-state index in [4.69, 9.17) is 0 Å². The smallest absolute Gasteiger partial charge is 0.254 e. The van der Waals surface area contributed by atoms with E-state index in [0.29, 0.717) is 12.0 Å². The summed E-state index contributed by atoms with van der Waals surface area (Å²) in [6.45, 7) is 0. The maximum Gasteiger partial charge on any atom is 0.254 e. The molecule has 0 unspecified atom stereocenters. The molecule has 0 aliphatic heterocycles. The van der Waals surface area contributed by atoms with Crippen molar-refractivity contribution >= 4 is 5.91 Å². The Morgan fingerprint density at radius 2 is 1.82 bits per heavy atom. The van der Waals surface area contributed by atoms with Crippen molar-refractivity contribution in [3.63, 3.8) is 0 Å². The van der Waals surface area contributed by atoms with Gasteiger partial charge in [0.05, 0.1) is 17.7 Å². The largest absolute Gasteiger partial charge is 0.390 e. The Morgan fingerprint density at radius 3 is 2.50 bits per heavy atom. The van der Waals surface area contributed by atoms with Crippen molar-refractivity contribution < 1.29 is 15.0 Å². The molecule has 2 heterocycles. The Labute approximate surface area is 127 Å². The van der Waals surface area contributed by atoms with Gasteiger partial charge >= 0.3 is 0 Å². The van der Waals surface area contributed by atoms with Gasteiger partial charge in [-0.25, -0.2) is 9.97 Å². The molecule has 0 radical (unpaired) electrons. The lowest BCUT2D eigenvalue weighted by atomic mass is 9.94. The van der Waals surface area contributed by atoms with Crippen molar-refractivity contribution in [3.8, 4) is 0 Å². The van der Waals surface area contributed by atoms with Gasteiger partial charge in [0.1, 0.15) is 12.4 Å². The average molecular weight is 300 g/mol. The molecule has 1 aliphatic rings. The number of carbonyl (C=O) groups excluding carboxylic acids is 1. The maximum atomic E-state index is 12.2. The Balaban J connectivity index is 1.82. The molecule has 1 fully saturated rings. The summed E-state index contributed by atoms with van der Waals surface area (Å²) in [6.07, 6.45) is 5.92. The Bertz CT molecular complexity index is 638. The normalized spacial score (nSPS) is 27.5. The van der Waals surface area contributed by atoms with Crippen molar-refractivity contribution in [1.82, 2.24) is 20.3 Å². The first kappa shape index (κ1) is 14.6. The van der Waals surface area contributed by atoms with Crippen molar-refractivity contribution in [2.45, 2.75) is 30.6 Å². The number of aliphatic hydroxyl groups excluding tert-OH is 2. The molecule has 3 N–H and O–H groups in total. The second-order valence-electron chi connectivity index (χ2n) is 5.31. The van der Waals surface area contributed by atoms with Gasteiger partial charge in [0.15, 0.2) is 0 Å². The highest BCUT2D eigenvalue weighted by atomic mass is 16.3. The second-order valence-corrected chi connectivity index (χ2v) is 5.31. The van der Waals surface area contributed by atoms with E-state index in [0.717, 1.165) is 5.56 Å². The standard InChI is InChI=1S/C15H16N4O3/c20-12-5-11(9-1-3-16-4-2-9)13(14(12)21)19-15(22)10-6-17-8-18-7-10/h1-4,6-8,11-14,20-21H,5H2,(H,19,22)/t11-,12-,13-,14-/m1/s1. The van der Waals surface area contributed by atoms with Gasteiger partial charge in [-0.3, -0.25) is 9.78 Å². The zero-order valence-electron chi connectivity index (χ0n) is 11.7. The highest BCUT2D eigenvalue weighted by Crippen LogP contribution is 2.35. The summed E-state index contributed by atoms with van der Waals surface area (Å²) in [6, 6.07) is 3.06. The average Bonchev–Trinajstić information content (AvgIpc) is 2.85. The number of nitrogens with one attached hydrogen (secondary N) is 1. The van der Waals surface area contributed by atoms with E-state index < -0.39 is 18.2 Å². The molecular formula is C15H16N4O3. The first-order chi connectivity index (χ1) is 10.7. The highest BCUT2D eigenvalue weighted by molar-refractivity contribution is 5.93. The third kappa shape index (κ3) is 2.81. The Hall–Kier alpha value is -2.38. The number of aliphatic hydroxyl groups is 2. The minimum Gasteiger partial charge on any atom is -0.390 e. The first-order valence-electron chi connectivity index (χ1n) is 6.98. The van der Waals surface area contributed by atoms with Gasteiger partial charge in [-0.1, -0.05) is 0 Å². The van der Waals surface area contributed by atoms with Crippen LogP contribution in [0.3, 0.4) is 0 Å². The molecule has 7 nitrogen and oxygen atoms in total. The lowest BCUT2D eigenvalue weighted by molar-refractivity contribution is 0.0294. The second kappa shape index (κ2) is 6.17. The van der Waals surface area contributed by atoms with E-state index in [1.807, 2.05) is 12.1 Å². The van der Waals surface area contributed by atoms with Gasteiger partial charge in [0, 0.05) is 30.7 Å². The summed E-state index contributed by atoms with van der Waals surface area (Å²) >= 11 is 0. The third-order valence-corrected chi connectivity index (χ3v) is 3.95. The number of amides is 1. The first-order valence-corrected chi connectivity index (χ1v) is 6.98. The molecule has 7 heteroatoms. The fourth-order valence-electron chi connectivity index (χ4n) is 2.81. The molecule has 3 rings (SSSR count).